The summed E-state index contributed by atoms with van der Waals surface area (Å²) in [6, 6.07) is 1.82. The molecule has 0 aromatic carbocycles. The molecule has 5 heteroatoms. The maximum absolute atomic E-state index is 12.3. The van der Waals surface area contributed by atoms with Crippen molar-refractivity contribution < 1.29 is 9.90 Å². The molecule has 120 valence electrons. The number of aliphatic hydroxyl groups is 1. The SMILES string of the molecule is CCCC(O)(CCC)CNC(=O)c1cc(C(C)C)nn1C. The molecule has 0 unspecified atom stereocenters. The van der Waals surface area contributed by atoms with Crippen LogP contribution in [-0.4, -0.2) is 32.9 Å². The van der Waals surface area contributed by atoms with Crippen molar-refractivity contribution in [2.24, 2.45) is 7.05 Å². The predicted molar refractivity (Wildman–Crippen MR) is 84.4 cm³/mol. The van der Waals surface area contributed by atoms with Crippen LogP contribution in [0, 0.1) is 0 Å². The molecule has 0 saturated carbocycles. The van der Waals surface area contributed by atoms with Crippen LogP contribution in [0.2, 0.25) is 0 Å². The fourth-order valence-corrected chi connectivity index (χ4v) is 2.55. The smallest absolute Gasteiger partial charge is 0.269 e. The van der Waals surface area contributed by atoms with Crippen molar-refractivity contribution in [3.63, 3.8) is 0 Å². The Morgan fingerprint density at radius 2 is 1.95 bits per heavy atom. The van der Waals surface area contributed by atoms with E-state index in [-0.39, 0.29) is 18.4 Å². The van der Waals surface area contributed by atoms with E-state index in [0.717, 1.165) is 18.5 Å². The highest BCUT2D eigenvalue weighted by Gasteiger charge is 2.26. The summed E-state index contributed by atoms with van der Waals surface area (Å²) in [6.45, 7) is 8.46. The lowest BCUT2D eigenvalue weighted by Gasteiger charge is -2.27. The lowest BCUT2D eigenvalue weighted by molar-refractivity contribution is 0.0212. The molecule has 0 radical (unpaired) electrons. The lowest BCUT2D eigenvalue weighted by Crippen LogP contribution is -2.43. The molecule has 0 spiro atoms. The van der Waals surface area contributed by atoms with Crippen molar-refractivity contribution in [2.45, 2.75) is 64.9 Å². The molecule has 0 saturated heterocycles. The molecule has 0 aliphatic heterocycles. The van der Waals surface area contributed by atoms with Gasteiger partial charge in [0.25, 0.3) is 5.91 Å². The Labute approximate surface area is 127 Å². The zero-order valence-electron chi connectivity index (χ0n) is 13.9. The second kappa shape index (κ2) is 7.59. The number of nitrogens with zero attached hydrogens (tertiary/aromatic N) is 2. The van der Waals surface area contributed by atoms with Crippen LogP contribution in [0.1, 0.15) is 75.5 Å². The molecule has 2 N–H and O–H groups in total. The van der Waals surface area contributed by atoms with Crippen molar-refractivity contribution in [1.82, 2.24) is 15.1 Å². The number of carbonyl (C=O) groups is 1. The Balaban J connectivity index is 2.72. The maximum atomic E-state index is 12.3. The van der Waals surface area contributed by atoms with Crippen molar-refractivity contribution in [1.29, 1.82) is 0 Å². The molecule has 1 amide bonds. The van der Waals surface area contributed by atoms with E-state index < -0.39 is 5.60 Å². The Kier molecular flexibility index (Phi) is 6.40. The number of hydrogen-bond acceptors (Lipinski definition) is 3. The van der Waals surface area contributed by atoms with Crippen molar-refractivity contribution in [3.05, 3.63) is 17.5 Å². The summed E-state index contributed by atoms with van der Waals surface area (Å²) in [7, 11) is 1.77. The van der Waals surface area contributed by atoms with Gasteiger partial charge in [0.15, 0.2) is 0 Å². The normalized spacial score (nSPS) is 12.0. The third kappa shape index (κ3) is 4.84. The zero-order chi connectivity index (χ0) is 16.0. The minimum absolute atomic E-state index is 0.178. The van der Waals surface area contributed by atoms with Crippen LogP contribution in [0.25, 0.3) is 0 Å². The maximum Gasteiger partial charge on any atom is 0.269 e. The van der Waals surface area contributed by atoms with Gasteiger partial charge in [0.2, 0.25) is 0 Å². The fraction of sp³-hybridized carbons (Fsp3) is 0.750. The number of aryl methyl sites for hydroxylation is 1. The van der Waals surface area contributed by atoms with Crippen LogP contribution in [-0.2, 0) is 7.05 Å². The van der Waals surface area contributed by atoms with Gasteiger partial charge in [-0.25, -0.2) is 0 Å². The fourth-order valence-electron chi connectivity index (χ4n) is 2.55. The molecule has 0 aliphatic carbocycles. The van der Waals surface area contributed by atoms with E-state index in [1.165, 1.54) is 0 Å². The number of nitrogens with one attached hydrogen (secondary N) is 1. The van der Waals surface area contributed by atoms with Gasteiger partial charge in [-0.15, -0.1) is 0 Å². The van der Waals surface area contributed by atoms with Crippen LogP contribution >= 0.6 is 0 Å². The van der Waals surface area contributed by atoms with E-state index in [2.05, 4.69) is 10.4 Å². The average molecular weight is 295 g/mol. The van der Waals surface area contributed by atoms with E-state index in [1.54, 1.807) is 11.7 Å². The lowest BCUT2D eigenvalue weighted by atomic mass is 9.92. The Bertz CT molecular complexity index is 460. The molecule has 5 nitrogen and oxygen atoms in total. The first-order chi connectivity index (χ1) is 9.83. The van der Waals surface area contributed by atoms with Crippen molar-refractivity contribution >= 4 is 5.91 Å². The summed E-state index contributed by atoms with van der Waals surface area (Å²) in [5.74, 6) is 0.109. The van der Waals surface area contributed by atoms with Gasteiger partial charge in [-0.3, -0.25) is 9.48 Å². The van der Waals surface area contributed by atoms with Gasteiger partial charge < -0.3 is 10.4 Å². The summed E-state index contributed by atoms with van der Waals surface area (Å²) in [5, 5.41) is 17.7. The quantitative estimate of drug-likeness (QED) is 0.774. The van der Waals surface area contributed by atoms with Gasteiger partial charge in [0.05, 0.1) is 11.3 Å². The minimum atomic E-state index is -0.807. The largest absolute Gasteiger partial charge is 0.388 e. The van der Waals surface area contributed by atoms with Gasteiger partial charge in [-0.05, 0) is 24.8 Å². The van der Waals surface area contributed by atoms with Gasteiger partial charge >= 0.3 is 0 Å². The first-order valence-electron chi connectivity index (χ1n) is 7.87. The van der Waals surface area contributed by atoms with Gasteiger partial charge in [0.1, 0.15) is 5.69 Å². The summed E-state index contributed by atoms with van der Waals surface area (Å²) in [4.78, 5) is 12.3. The van der Waals surface area contributed by atoms with Crippen LogP contribution in [0.4, 0.5) is 0 Å². The third-order valence-corrected chi connectivity index (χ3v) is 3.73. The minimum Gasteiger partial charge on any atom is -0.388 e. The van der Waals surface area contributed by atoms with Crippen LogP contribution in [0.15, 0.2) is 6.07 Å². The van der Waals surface area contributed by atoms with Crippen molar-refractivity contribution in [3.8, 4) is 0 Å². The summed E-state index contributed by atoms with van der Waals surface area (Å²) >= 11 is 0. The van der Waals surface area contributed by atoms with E-state index in [0.29, 0.717) is 18.5 Å². The van der Waals surface area contributed by atoms with Crippen molar-refractivity contribution in [2.75, 3.05) is 6.54 Å². The second-order valence-corrected chi connectivity index (χ2v) is 6.14. The van der Waals surface area contributed by atoms with Crippen LogP contribution < -0.4 is 5.32 Å². The molecule has 1 aromatic rings. The summed E-state index contributed by atoms with van der Waals surface area (Å²) in [5.41, 5.74) is 0.632. The third-order valence-electron chi connectivity index (χ3n) is 3.73. The monoisotopic (exact) mass is 295 g/mol. The zero-order valence-corrected chi connectivity index (χ0v) is 13.9. The first kappa shape index (κ1) is 17.7. The molecule has 21 heavy (non-hydrogen) atoms. The topological polar surface area (TPSA) is 67.2 Å². The molecule has 0 bridgehead atoms. The van der Waals surface area contributed by atoms with E-state index in [4.69, 9.17) is 0 Å². The van der Waals surface area contributed by atoms with E-state index in [1.807, 2.05) is 33.8 Å². The number of amides is 1. The number of aromatic nitrogens is 2. The van der Waals surface area contributed by atoms with E-state index >= 15 is 0 Å². The second-order valence-electron chi connectivity index (χ2n) is 6.14. The molecule has 1 rings (SSSR count). The molecular formula is C16H29N3O2. The number of carbonyl (C=O) groups excluding carboxylic acids is 1. The number of hydrogen-bond donors (Lipinski definition) is 2. The molecular weight excluding hydrogens is 266 g/mol. The summed E-state index contributed by atoms with van der Waals surface area (Å²) in [6.07, 6.45) is 3.19. The Morgan fingerprint density at radius 1 is 1.38 bits per heavy atom. The van der Waals surface area contributed by atoms with Gasteiger partial charge in [0, 0.05) is 13.6 Å². The standard InChI is InChI=1S/C16H29N3O2/c1-6-8-16(21,9-7-2)11-17-15(20)14-10-13(12(3)4)18-19(14)5/h10,12,21H,6-9,11H2,1-5H3,(H,17,20). The first-order valence-corrected chi connectivity index (χ1v) is 7.87. The van der Waals surface area contributed by atoms with Crippen LogP contribution in [0.5, 0.6) is 0 Å². The predicted octanol–water partition coefficient (Wildman–Crippen LogP) is 2.60. The highest BCUT2D eigenvalue weighted by atomic mass is 16.3. The van der Waals surface area contributed by atoms with Crippen LogP contribution in [0.3, 0.4) is 0 Å². The molecule has 1 heterocycles. The molecule has 0 atom stereocenters. The van der Waals surface area contributed by atoms with Gasteiger partial charge in [-0.2, -0.15) is 5.10 Å². The molecule has 0 aliphatic rings. The van der Waals surface area contributed by atoms with E-state index in [9.17, 15) is 9.90 Å². The van der Waals surface area contributed by atoms with Gasteiger partial charge in [-0.1, -0.05) is 40.5 Å². The molecule has 1 aromatic heterocycles. The molecule has 0 fully saturated rings. The Hall–Kier alpha value is -1.36. The summed E-state index contributed by atoms with van der Waals surface area (Å²) < 4.78 is 1.60. The highest BCUT2D eigenvalue weighted by Crippen LogP contribution is 2.19. The highest BCUT2D eigenvalue weighted by molar-refractivity contribution is 5.92. The average Bonchev–Trinajstić information content (AvgIpc) is 2.79. The number of rotatable bonds is 8. The Morgan fingerprint density at radius 3 is 2.38 bits per heavy atom.